The number of nitrogens with one attached hydrogen (secondary N) is 2. The van der Waals surface area contributed by atoms with E-state index in [1.165, 1.54) is 12.1 Å². The summed E-state index contributed by atoms with van der Waals surface area (Å²) < 4.78 is 25.8. The molecule has 0 aliphatic rings. The van der Waals surface area contributed by atoms with Gasteiger partial charge < -0.3 is 20.1 Å². The van der Waals surface area contributed by atoms with E-state index in [2.05, 4.69) is 26.6 Å². The monoisotopic (exact) mass is 548 g/mol. The quantitative estimate of drug-likeness (QED) is 0.276. The summed E-state index contributed by atoms with van der Waals surface area (Å²) in [6.45, 7) is 6.82. The molecule has 0 saturated heterocycles. The summed E-state index contributed by atoms with van der Waals surface area (Å²) in [6.07, 6.45) is 0. The first-order chi connectivity index (χ1) is 16.3. The first-order valence-corrected chi connectivity index (χ1v) is 12.1. The second kappa shape index (κ2) is 12.1. The van der Waals surface area contributed by atoms with Crippen LogP contribution in [0.2, 0.25) is 5.02 Å². The molecule has 0 saturated carbocycles. The maximum absolute atomic E-state index is 13.3. The summed E-state index contributed by atoms with van der Waals surface area (Å²) in [6, 6.07) is 15.6. The number of amides is 1. The molecule has 34 heavy (non-hydrogen) atoms. The van der Waals surface area contributed by atoms with Gasteiger partial charge in [-0.05, 0) is 76.9 Å². The molecule has 3 aromatic carbocycles. The van der Waals surface area contributed by atoms with E-state index in [0.717, 1.165) is 21.4 Å². The van der Waals surface area contributed by atoms with Crippen LogP contribution < -0.4 is 20.1 Å². The predicted octanol–water partition coefficient (Wildman–Crippen LogP) is 7.43. The normalized spacial score (nSPS) is 10.8. The minimum atomic E-state index is -0.392. The Kier molecular flexibility index (Phi) is 9.19. The van der Waals surface area contributed by atoms with E-state index in [4.69, 9.17) is 21.1 Å². The fourth-order valence-corrected chi connectivity index (χ4v) is 3.90. The number of rotatable bonds is 10. The maximum Gasteiger partial charge on any atom is 0.226 e. The zero-order valence-corrected chi connectivity index (χ0v) is 21.6. The Hall–Kier alpha value is -2.77. The van der Waals surface area contributed by atoms with Crippen LogP contribution in [0.1, 0.15) is 31.9 Å². The number of ether oxygens (including phenoxy) is 2. The number of hydrogen-bond donors (Lipinski definition) is 2. The summed E-state index contributed by atoms with van der Waals surface area (Å²) in [7, 11) is 0. The molecule has 1 amide bonds. The fraction of sp³-hybridized carbons (Fsp3) is 0.269. The van der Waals surface area contributed by atoms with Crippen molar-refractivity contribution in [3.63, 3.8) is 0 Å². The van der Waals surface area contributed by atoms with Gasteiger partial charge >= 0.3 is 0 Å². The van der Waals surface area contributed by atoms with Gasteiger partial charge in [0.15, 0.2) is 11.5 Å². The van der Waals surface area contributed by atoms with Crippen LogP contribution in [-0.4, -0.2) is 12.5 Å². The lowest BCUT2D eigenvalue weighted by molar-refractivity contribution is -0.118. The number of hydrogen-bond acceptors (Lipinski definition) is 4. The molecule has 0 bridgehead atoms. The molecule has 0 unspecified atom stereocenters. The zero-order chi connectivity index (χ0) is 24.7. The van der Waals surface area contributed by atoms with Gasteiger partial charge in [0.1, 0.15) is 12.4 Å². The van der Waals surface area contributed by atoms with Crippen molar-refractivity contribution < 1.29 is 18.7 Å². The van der Waals surface area contributed by atoms with Crippen LogP contribution >= 0.6 is 27.5 Å². The first kappa shape index (κ1) is 25.8. The third-order valence-corrected chi connectivity index (χ3v) is 5.87. The van der Waals surface area contributed by atoms with Crippen LogP contribution in [0, 0.1) is 11.7 Å². The lowest BCUT2D eigenvalue weighted by Crippen LogP contribution is -2.17. The van der Waals surface area contributed by atoms with E-state index in [1.54, 1.807) is 6.07 Å². The molecule has 3 aromatic rings. The van der Waals surface area contributed by atoms with Crippen LogP contribution in [0.4, 0.5) is 15.8 Å². The lowest BCUT2D eigenvalue weighted by Gasteiger charge is -2.16. The molecule has 0 radical (unpaired) electrons. The highest BCUT2D eigenvalue weighted by molar-refractivity contribution is 9.10. The third kappa shape index (κ3) is 7.11. The Bertz CT molecular complexity index is 1140. The van der Waals surface area contributed by atoms with E-state index >= 15 is 0 Å². The molecule has 5 nitrogen and oxygen atoms in total. The topological polar surface area (TPSA) is 59.6 Å². The van der Waals surface area contributed by atoms with E-state index in [9.17, 15) is 9.18 Å². The molecule has 0 aliphatic heterocycles. The molecule has 3 rings (SSSR count). The third-order valence-electron chi connectivity index (χ3n) is 4.93. The zero-order valence-electron chi connectivity index (χ0n) is 19.3. The average molecular weight is 550 g/mol. The van der Waals surface area contributed by atoms with Gasteiger partial charge in [0.2, 0.25) is 5.91 Å². The molecule has 0 heterocycles. The molecule has 0 fully saturated rings. The molecule has 2 N–H and O–H groups in total. The Labute approximate surface area is 212 Å². The van der Waals surface area contributed by atoms with Crippen molar-refractivity contribution in [3.8, 4) is 11.5 Å². The summed E-state index contributed by atoms with van der Waals surface area (Å²) in [5.41, 5.74) is 3.34. The Morgan fingerprint density at radius 2 is 1.76 bits per heavy atom. The second-order valence-electron chi connectivity index (χ2n) is 7.94. The highest BCUT2D eigenvalue weighted by Crippen LogP contribution is 2.38. The smallest absolute Gasteiger partial charge is 0.226 e. The van der Waals surface area contributed by atoms with E-state index in [-0.39, 0.29) is 18.4 Å². The molecule has 180 valence electrons. The van der Waals surface area contributed by atoms with Crippen LogP contribution in [-0.2, 0) is 17.9 Å². The molecule has 0 atom stereocenters. The van der Waals surface area contributed by atoms with E-state index < -0.39 is 5.82 Å². The van der Waals surface area contributed by atoms with Gasteiger partial charge in [-0.15, -0.1) is 0 Å². The number of anilines is 2. The van der Waals surface area contributed by atoms with Gasteiger partial charge in [-0.2, -0.15) is 0 Å². The highest BCUT2D eigenvalue weighted by Gasteiger charge is 2.14. The van der Waals surface area contributed by atoms with E-state index in [1.807, 2.05) is 57.2 Å². The molecule has 8 heteroatoms. The standard InChI is InChI=1S/C26H27BrClFN2O3/c1-4-33-24-12-17(14-30-20-7-9-21(10-8-20)31-26(32)16(2)3)11-22(27)25(24)34-15-18-5-6-19(29)13-23(18)28/h5-13,16,30H,4,14-15H2,1-3H3,(H,31,32). The Morgan fingerprint density at radius 1 is 1.06 bits per heavy atom. The number of halogens is 3. The van der Waals surface area contributed by atoms with Crippen molar-refractivity contribution >= 4 is 44.8 Å². The van der Waals surface area contributed by atoms with Crippen molar-refractivity contribution in [2.75, 3.05) is 17.2 Å². The molecule has 0 spiro atoms. The largest absolute Gasteiger partial charge is 0.490 e. The first-order valence-electron chi connectivity index (χ1n) is 10.9. The molecular formula is C26H27BrClFN2O3. The van der Waals surface area contributed by atoms with Gasteiger partial charge in [-0.25, -0.2) is 4.39 Å². The van der Waals surface area contributed by atoms with Crippen molar-refractivity contribution in [1.82, 2.24) is 0 Å². The van der Waals surface area contributed by atoms with Gasteiger partial charge in [-0.3, -0.25) is 4.79 Å². The van der Waals surface area contributed by atoms with Crippen molar-refractivity contribution in [1.29, 1.82) is 0 Å². The molecule has 0 aromatic heterocycles. The van der Waals surface area contributed by atoms with E-state index in [0.29, 0.717) is 35.2 Å². The van der Waals surface area contributed by atoms with Crippen molar-refractivity contribution in [3.05, 3.63) is 81.0 Å². The van der Waals surface area contributed by atoms with Gasteiger partial charge in [0.05, 0.1) is 16.1 Å². The minimum absolute atomic E-state index is 0.0157. The summed E-state index contributed by atoms with van der Waals surface area (Å²) in [4.78, 5) is 11.8. The number of carbonyl (C=O) groups excluding carboxylic acids is 1. The number of benzene rings is 3. The summed E-state index contributed by atoms with van der Waals surface area (Å²) in [5, 5.41) is 6.56. The minimum Gasteiger partial charge on any atom is -0.490 e. The van der Waals surface area contributed by atoms with Crippen molar-refractivity contribution in [2.24, 2.45) is 5.92 Å². The van der Waals surface area contributed by atoms with Crippen LogP contribution in [0.5, 0.6) is 11.5 Å². The lowest BCUT2D eigenvalue weighted by atomic mass is 10.1. The maximum atomic E-state index is 13.3. The van der Waals surface area contributed by atoms with Crippen LogP contribution in [0.25, 0.3) is 0 Å². The summed E-state index contributed by atoms with van der Waals surface area (Å²) in [5.74, 6) is 0.667. The van der Waals surface area contributed by atoms with Crippen molar-refractivity contribution in [2.45, 2.75) is 33.9 Å². The molecular weight excluding hydrogens is 523 g/mol. The highest BCUT2D eigenvalue weighted by atomic mass is 79.9. The second-order valence-corrected chi connectivity index (χ2v) is 9.20. The summed E-state index contributed by atoms with van der Waals surface area (Å²) >= 11 is 9.69. The SMILES string of the molecule is CCOc1cc(CNc2ccc(NC(=O)C(C)C)cc2)cc(Br)c1OCc1ccc(F)cc1Cl. The fourth-order valence-electron chi connectivity index (χ4n) is 3.08. The predicted molar refractivity (Wildman–Crippen MR) is 138 cm³/mol. The average Bonchev–Trinajstić information content (AvgIpc) is 2.79. The van der Waals surface area contributed by atoms with Crippen LogP contribution in [0.15, 0.2) is 59.1 Å². The Balaban J connectivity index is 1.68. The molecule has 0 aliphatic carbocycles. The van der Waals surface area contributed by atoms with Gasteiger partial charge in [-0.1, -0.05) is 31.5 Å². The number of carbonyl (C=O) groups is 1. The van der Waals surface area contributed by atoms with Gasteiger partial charge in [0.25, 0.3) is 0 Å². The Morgan fingerprint density at radius 3 is 2.41 bits per heavy atom. The van der Waals surface area contributed by atoms with Gasteiger partial charge in [0, 0.05) is 29.4 Å². The van der Waals surface area contributed by atoms with Crippen LogP contribution in [0.3, 0.4) is 0 Å².